The number of nitrogens with one attached hydrogen (secondary N) is 2. The van der Waals surface area contributed by atoms with Crippen LogP contribution in [0.15, 0.2) is 48.5 Å². The van der Waals surface area contributed by atoms with Crippen LogP contribution in [0.25, 0.3) is 0 Å². The minimum atomic E-state index is -0.549. The SMILES string of the molecule is CC(=O)Nc1ccc(F)c(NC(=O)N2C[C@H](C)[C@@H]2c2ccccc2)c1. The molecule has 1 heterocycles. The van der Waals surface area contributed by atoms with Crippen molar-refractivity contribution in [1.29, 1.82) is 0 Å². The van der Waals surface area contributed by atoms with Gasteiger partial charge in [0.15, 0.2) is 0 Å². The van der Waals surface area contributed by atoms with Crippen LogP contribution < -0.4 is 10.6 Å². The summed E-state index contributed by atoms with van der Waals surface area (Å²) in [6.45, 7) is 4.06. The van der Waals surface area contributed by atoms with E-state index in [9.17, 15) is 14.0 Å². The average molecular weight is 341 g/mol. The van der Waals surface area contributed by atoms with Gasteiger partial charge in [-0.1, -0.05) is 37.3 Å². The van der Waals surface area contributed by atoms with Gasteiger partial charge >= 0.3 is 6.03 Å². The minimum Gasteiger partial charge on any atom is -0.326 e. The zero-order chi connectivity index (χ0) is 18.0. The Morgan fingerprint density at radius 3 is 2.48 bits per heavy atom. The van der Waals surface area contributed by atoms with E-state index in [-0.39, 0.29) is 23.7 Å². The highest BCUT2D eigenvalue weighted by Crippen LogP contribution is 2.38. The smallest absolute Gasteiger partial charge is 0.322 e. The third-order valence-electron chi connectivity index (χ3n) is 4.29. The Hall–Kier alpha value is -2.89. The molecule has 0 spiro atoms. The molecule has 0 aromatic heterocycles. The summed E-state index contributed by atoms with van der Waals surface area (Å²) in [6, 6.07) is 13.5. The van der Waals surface area contributed by atoms with Gasteiger partial charge in [0.25, 0.3) is 0 Å². The molecule has 1 aliphatic rings. The maximum Gasteiger partial charge on any atom is 0.322 e. The van der Waals surface area contributed by atoms with Crippen molar-refractivity contribution in [1.82, 2.24) is 4.90 Å². The third kappa shape index (κ3) is 3.63. The molecule has 25 heavy (non-hydrogen) atoms. The zero-order valence-corrected chi connectivity index (χ0v) is 14.1. The average Bonchev–Trinajstić information content (AvgIpc) is 2.56. The maximum atomic E-state index is 14.0. The molecule has 2 aromatic rings. The molecular formula is C19H20FN3O2. The van der Waals surface area contributed by atoms with Crippen molar-refractivity contribution in [3.8, 4) is 0 Å². The van der Waals surface area contributed by atoms with Gasteiger partial charge in [0.1, 0.15) is 5.82 Å². The Balaban J connectivity index is 1.75. The summed E-state index contributed by atoms with van der Waals surface area (Å²) in [5.74, 6) is -0.472. The van der Waals surface area contributed by atoms with Crippen molar-refractivity contribution in [3.63, 3.8) is 0 Å². The monoisotopic (exact) mass is 341 g/mol. The van der Waals surface area contributed by atoms with E-state index in [4.69, 9.17) is 0 Å². The summed E-state index contributed by atoms with van der Waals surface area (Å²) >= 11 is 0. The molecular weight excluding hydrogens is 321 g/mol. The molecule has 2 aromatic carbocycles. The van der Waals surface area contributed by atoms with E-state index in [1.165, 1.54) is 25.1 Å². The topological polar surface area (TPSA) is 61.4 Å². The number of benzene rings is 2. The number of nitrogens with zero attached hydrogens (tertiary/aromatic N) is 1. The lowest BCUT2D eigenvalue weighted by molar-refractivity contribution is -0.114. The third-order valence-corrected chi connectivity index (χ3v) is 4.29. The van der Waals surface area contributed by atoms with Gasteiger partial charge < -0.3 is 15.5 Å². The zero-order valence-electron chi connectivity index (χ0n) is 14.1. The van der Waals surface area contributed by atoms with E-state index in [0.717, 1.165) is 5.56 Å². The molecule has 0 saturated carbocycles. The molecule has 1 aliphatic heterocycles. The second-order valence-electron chi connectivity index (χ2n) is 6.29. The van der Waals surface area contributed by atoms with Crippen molar-refractivity contribution in [2.45, 2.75) is 19.9 Å². The van der Waals surface area contributed by atoms with Crippen LogP contribution in [-0.4, -0.2) is 23.4 Å². The van der Waals surface area contributed by atoms with Gasteiger partial charge in [0.2, 0.25) is 5.91 Å². The van der Waals surface area contributed by atoms with Crippen LogP contribution >= 0.6 is 0 Å². The fourth-order valence-corrected chi connectivity index (χ4v) is 3.15. The second-order valence-corrected chi connectivity index (χ2v) is 6.29. The van der Waals surface area contributed by atoms with E-state index in [2.05, 4.69) is 17.6 Å². The lowest BCUT2D eigenvalue weighted by Crippen LogP contribution is -2.53. The Morgan fingerprint density at radius 1 is 1.12 bits per heavy atom. The number of halogens is 1. The molecule has 6 heteroatoms. The van der Waals surface area contributed by atoms with Crippen LogP contribution in [0.2, 0.25) is 0 Å². The molecule has 0 unspecified atom stereocenters. The van der Waals surface area contributed by atoms with E-state index in [0.29, 0.717) is 18.2 Å². The number of hydrogen-bond donors (Lipinski definition) is 2. The van der Waals surface area contributed by atoms with Gasteiger partial charge in [-0.2, -0.15) is 0 Å². The molecule has 0 aliphatic carbocycles. The molecule has 0 bridgehead atoms. The van der Waals surface area contributed by atoms with Crippen LogP contribution in [0.5, 0.6) is 0 Å². The molecule has 3 rings (SSSR count). The number of carbonyl (C=O) groups is 2. The summed E-state index contributed by atoms with van der Waals surface area (Å²) in [6.07, 6.45) is 0. The van der Waals surface area contributed by atoms with E-state index < -0.39 is 5.82 Å². The van der Waals surface area contributed by atoms with Crippen LogP contribution in [0.4, 0.5) is 20.6 Å². The van der Waals surface area contributed by atoms with Crippen molar-refractivity contribution in [2.24, 2.45) is 5.92 Å². The first kappa shape index (κ1) is 17.0. The Labute approximate surface area is 145 Å². The molecule has 1 saturated heterocycles. The Bertz CT molecular complexity index is 795. The predicted octanol–water partition coefficient (Wildman–Crippen LogP) is 4.01. The van der Waals surface area contributed by atoms with Gasteiger partial charge in [-0.25, -0.2) is 9.18 Å². The van der Waals surface area contributed by atoms with E-state index in [1.54, 1.807) is 4.90 Å². The number of carbonyl (C=O) groups excluding carboxylic acids is 2. The van der Waals surface area contributed by atoms with Gasteiger partial charge in [0.05, 0.1) is 11.7 Å². The van der Waals surface area contributed by atoms with Crippen molar-refractivity contribution in [3.05, 3.63) is 59.9 Å². The first-order valence-corrected chi connectivity index (χ1v) is 8.15. The molecule has 5 nitrogen and oxygen atoms in total. The number of rotatable bonds is 3. The normalized spacial score (nSPS) is 19.1. The van der Waals surface area contributed by atoms with Gasteiger partial charge in [-0.05, 0) is 29.7 Å². The first-order valence-electron chi connectivity index (χ1n) is 8.15. The summed E-state index contributed by atoms with van der Waals surface area (Å²) in [4.78, 5) is 25.4. The lowest BCUT2D eigenvalue weighted by Gasteiger charge is -2.46. The van der Waals surface area contributed by atoms with E-state index in [1.807, 2.05) is 30.3 Å². The first-order chi connectivity index (χ1) is 12.0. The van der Waals surface area contributed by atoms with Crippen molar-refractivity contribution >= 4 is 23.3 Å². The minimum absolute atomic E-state index is 0.0252. The predicted molar refractivity (Wildman–Crippen MR) is 94.8 cm³/mol. The lowest BCUT2D eigenvalue weighted by atomic mass is 9.85. The number of hydrogen-bond acceptors (Lipinski definition) is 2. The molecule has 0 radical (unpaired) electrons. The van der Waals surface area contributed by atoms with Crippen LogP contribution in [0.3, 0.4) is 0 Å². The van der Waals surface area contributed by atoms with Gasteiger partial charge in [-0.3, -0.25) is 4.79 Å². The Kier molecular flexibility index (Phi) is 4.70. The van der Waals surface area contributed by atoms with Crippen molar-refractivity contribution < 1.29 is 14.0 Å². The second kappa shape index (κ2) is 6.93. The van der Waals surface area contributed by atoms with Gasteiger partial charge in [0, 0.05) is 19.2 Å². The summed E-state index contributed by atoms with van der Waals surface area (Å²) in [5, 5.41) is 5.18. The van der Waals surface area contributed by atoms with Crippen LogP contribution in [-0.2, 0) is 4.79 Å². The standard InChI is InChI=1S/C19H20FN3O2/c1-12-11-23(18(12)14-6-4-3-5-7-14)19(25)22-17-10-15(21-13(2)24)8-9-16(17)20/h3-10,12,18H,11H2,1-2H3,(H,21,24)(H,22,25)/t12-,18+/m0/s1. The molecule has 2 N–H and O–H groups in total. The number of anilines is 2. The van der Waals surface area contributed by atoms with Gasteiger partial charge in [-0.15, -0.1) is 0 Å². The van der Waals surface area contributed by atoms with Crippen LogP contribution in [0, 0.1) is 11.7 Å². The molecule has 130 valence electrons. The summed E-state index contributed by atoms with van der Waals surface area (Å²) in [7, 11) is 0. The maximum absolute atomic E-state index is 14.0. The number of urea groups is 1. The summed E-state index contributed by atoms with van der Waals surface area (Å²) < 4.78 is 14.0. The van der Waals surface area contributed by atoms with E-state index >= 15 is 0 Å². The fraction of sp³-hybridized carbons (Fsp3) is 0.263. The Morgan fingerprint density at radius 2 is 1.84 bits per heavy atom. The highest BCUT2D eigenvalue weighted by Gasteiger charge is 2.40. The largest absolute Gasteiger partial charge is 0.326 e. The van der Waals surface area contributed by atoms with Crippen LogP contribution in [0.1, 0.15) is 25.5 Å². The fourth-order valence-electron chi connectivity index (χ4n) is 3.15. The number of amides is 3. The van der Waals surface area contributed by atoms with Crippen molar-refractivity contribution in [2.75, 3.05) is 17.2 Å². The molecule has 1 fully saturated rings. The molecule has 2 atom stereocenters. The quantitative estimate of drug-likeness (QED) is 0.886. The number of likely N-dealkylation sites (tertiary alicyclic amines) is 1. The highest BCUT2D eigenvalue weighted by molar-refractivity contribution is 5.93. The highest BCUT2D eigenvalue weighted by atomic mass is 19.1. The summed E-state index contributed by atoms with van der Waals surface area (Å²) in [5.41, 5.74) is 1.53. The molecule has 3 amide bonds.